The third-order valence-electron chi connectivity index (χ3n) is 4.35. The van der Waals surface area contributed by atoms with Gasteiger partial charge in [0, 0.05) is 24.3 Å². The maximum atomic E-state index is 11.6. The molecule has 0 spiro atoms. The van der Waals surface area contributed by atoms with E-state index in [9.17, 15) is 9.59 Å². The van der Waals surface area contributed by atoms with Crippen molar-refractivity contribution >= 4 is 11.8 Å². The molecule has 0 aromatic carbocycles. The van der Waals surface area contributed by atoms with E-state index >= 15 is 0 Å². The van der Waals surface area contributed by atoms with Crippen LogP contribution in [0, 0.1) is 23.7 Å². The van der Waals surface area contributed by atoms with Gasteiger partial charge in [0.05, 0.1) is 0 Å². The number of carbonyl (C=O) groups excluding carboxylic acids is 2. The number of ketones is 1. The molecule has 15 heavy (non-hydrogen) atoms. The molecule has 3 saturated carbocycles. The third kappa shape index (κ3) is 1.12. The van der Waals surface area contributed by atoms with Gasteiger partial charge in [0.15, 0.2) is 0 Å². The molecule has 3 nitrogen and oxygen atoms in total. The van der Waals surface area contributed by atoms with Gasteiger partial charge < -0.3 is 4.74 Å². The molecule has 0 aromatic heterocycles. The van der Waals surface area contributed by atoms with Gasteiger partial charge in [0.1, 0.15) is 11.9 Å². The predicted octanol–water partition coefficient (Wildman–Crippen LogP) is 1.33. The molecule has 3 aliphatic carbocycles. The van der Waals surface area contributed by atoms with Crippen LogP contribution in [0.4, 0.5) is 0 Å². The highest BCUT2D eigenvalue weighted by molar-refractivity contribution is 5.85. The highest BCUT2D eigenvalue weighted by atomic mass is 16.5. The van der Waals surface area contributed by atoms with Gasteiger partial charge in [0.2, 0.25) is 0 Å². The largest absolute Gasteiger partial charge is 0.459 e. The Balaban J connectivity index is 1.80. The Kier molecular flexibility index (Phi) is 1.79. The van der Waals surface area contributed by atoms with Crippen molar-refractivity contribution in [3.8, 4) is 0 Å². The van der Waals surface area contributed by atoms with Crippen LogP contribution >= 0.6 is 0 Å². The van der Waals surface area contributed by atoms with E-state index in [2.05, 4.69) is 6.58 Å². The van der Waals surface area contributed by atoms with Gasteiger partial charge in [-0.15, -0.1) is 0 Å². The van der Waals surface area contributed by atoms with Crippen LogP contribution in [0.5, 0.6) is 0 Å². The average Bonchev–Trinajstić information content (AvgIpc) is 2.81. The first-order valence-corrected chi connectivity index (χ1v) is 5.56. The topological polar surface area (TPSA) is 43.4 Å². The molecule has 0 aliphatic heterocycles. The lowest BCUT2D eigenvalue weighted by Crippen LogP contribution is -2.30. The number of fused-ring (bicyclic) bond motifs is 1. The van der Waals surface area contributed by atoms with Crippen LogP contribution in [0.15, 0.2) is 12.7 Å². The minimum Gasteiger partial charge on any atom is -0.459 e. The van der Waals surface area contributed by atoms with Gasteiger partial charge in [-0.25, -0.2) is 4.79 Å². The Morgan fingerprint density at radius 1 is 1.40 bits per heavy atom. The summed E-state index contributed by atoms with van der Waals surface area (Å²) in [6.45, 7) is 3.40. The summed E-state index contributed by atoms with van der Waals surface area (Å²) in [6.07, 6.45) is 3.84. The Morgan fingerprint density at radius 2 is 2.20 bits per heavy atom. The number of rotatable bonds is 2. The molecule has 0 saturated heterocycles. The summed E-state index contributed by atoms with van der Waals surface area (Å²) in [7, 11) is 0. The Bertz CT molecular complexity index is 347. The summed E-state index contributed by atoms with van der Waals surface area (Å²) in [4.78, 5) is 22.8. The SMILES string of the molecule is C=CC(=O)OC1C2CC3C(=O)CC1C3C2. The molecule has 0 amide bonds. The zero-order valence-electron chi connectivity index (χ0n) is 8.52. The van der Waals surface area contributed by atoms with Crippen LogP contribution in [0.2, 0.25) is 0 Å². The second kappa shape index (κ2) is 2.94. The van der Waals surface area contributed by atoms with Crippen molar-refractivity contribution < 1.29 is 14.3 Å². The van der Waals surface area contributed by atoms with Crippen LogP contribution in [-0.4, -0.2) is 17.9 Å². The van der Waals surface area contributed by atoms with Crippen LogP contribution in [0.25, 0.3) is 0 Å². The van der Waals surface area contributed by atoms with Crippen LogP contribution < -0.4 is 0 Å². The average molecular weight is 206 g/mol. The van der Waals surface area contributed by atoms with Gasteiger partial charge in [-0.1, -0.05) is 6.58 Å². The van der Waals surface area contributed by atoms with E-state index in [4.69, 9.17) is 4.74 Å². The van der Waals surface area contributed by atoms with E-state index in [1.165, 1.54) is 6.08 Å². The summed E-state index contributed by atoms with van der Waals surface area (Å²) < 4.78 is 5.36. The molecule has 3 heteroatoms. The van der Waals surface area contributed by atoms with E-state index in [0.29, 0.717) is 35.9 Å². The zero-order valence-corrected chi connectivity index (χ0v) is 8.52. The van der Waals surface area contributed by atoms with Crippen LogP contribution in [0.1, 0.15) is 19.3 Å². The molecule has 3 fully saturated rings. The Hall–Kier alpha value is -1.12. The minimum atomic E-state index is -0.344. The lowest BCUT2D eigenvalue weighted by molar-refractivity contribution is -0.148. The van der Waals surface area contributed by atoms with Gasteiger partial charge in [0.25, 0.3) is 0 Å². The third-order valence-corrected chi connectivity index (χ3v) is 4.35. The Morgan fingerprint density at radius 3 is 2.93 bits per heavy atom. The quantitative estimate of drug-likeness (QED) is 0.505. The monoisotopic (exact) mass is 206 g/mol. The summed E-state index contributed by atoms with van der Waals surface area (Å²) >= 11 is 0. The normalized spacial score (nSPS) is 45.9. The summed E-state index contributed by atoms with van der Waals surface area (Å²) in [5.41, 5.74) is 0. The molecular weight excluding hydrogens is 192 g/mol. The molecule has 0 heterocycles. The zero-order chi connectivity index (χ0) is 10.6. The standard InChI is InChI=1S/C12H14O3/c1-2-11(14)15-12-6-3-7-8(4-6)10(13)5-9(7)12/h2,6-9,12H,1,3-5H2. The molecule has 5 unspecified atom stereocenters. The number of hydrogen-bond donors (Lipinski definition) is 0. The van der Waals surface area contributed by atoms with Crippen molar-refractivity contribution in [1.82, 2.24) is 0 Å². The summed E-state index contributed by atoms with van der Waals surface area (Å²) in [5.74, 6) is 1.59. The number of carbonyl (C=O) groups is 2. The van der Waals surface area contributed by atoms with E-state index < -0.39 is 0 Å². The second-order valence-electron chi connectivity index (χ2n) is 4.94. The number of esters is 1. The number of Topliss-reactive ketones (excluding diaryl/α,β-unsaturated/α-hetero) is 1. The fourth-order valence-electron chi connectivity index (χ4n) is 3.83. The van der Waals surface area contributed by atoms with Gasteiger partial charge >= 0.3 is 5.97 Å². The molecule has 0 N–H and O–H groups in total. The molecule has 3 rings (SSSR count). The first-order chi connectivity index (χ1) is 7.20. The van der Waals surface area contributed by atoms with E-state index in [0.717, 1.165) is 12.8 Å². The molecular formula is C12H14O3. The van der Waals surface area contributed by atoms with Crippen molar-refractivity contribution in [2.24, 2.45) is 23.7 Å². The lowest BCUT2D eigenvalue weighted by Gasteiger charge is -2.26. The van der Waals surface area contributed by atoms with Gasteiger partial charge in [-0.2, -0.15) is 0 Å². The molecule has 0 radical (unpaired) electrons. The van der Waals surface area contributed by atoms with Gasteiger partial charge in [-0.05, 0) is 24.7 Å². The number of hydrogen-bond acceptors (Lipinski definition) is 3. The van der Waals surface area contributed by atoms with Crippen molar-refractivity contribution in [3.05, 3.63) is 12.7 Å². The maximum Gasteiger partial charge on any atom is 0.330 e. The molecule has 3 aliphatic rings. The van der Waals surface area contributed by atoms with E-state index in [1.807, 2.05) is 0 Å². The number of ether oxygens (including phenoxy) is 1. The minimum absolute atomic E-state index is 0.0109. The Labute approximate surface area is 88.5 Å². The predicted molar refractivity (Wildman–Crippen MR) is 52.9 cm³/mol. The van der Waals surface area contributed by atoms with E-state index in [-0.39, 0.29) is 12.1 Å². The fraction of sp³-hybridized carbons (Fsp3) is 0.667. The smallest absolute Gasteiger partial charge is 0.330 e. The van der Waals surface area contributed by atoms with E-state index in [1.54, 1.807) is 0 Å². The maximum absolute atomic E-state index is 11.6. The second-order valence-corrected chi connectivity index (χ2v) is 4.94. The first-order valence-electron chi connectivity index (χ1n) is 5.56. The van der Waals surface area contributed by atoms with Crippen LogP contribution in [0.3, 0.4) is 0 Å². The summed E-state index contributed by atoms with van der Waals surface area (Å²) in [5, 5.41) is 0. The van der Waals surface area contributed by atoms with Crippen molar-refractivity contribution in [2.45, 2.75) is 25.4 Å². The van der Waals surface area contributed by atoms with Crippen LogP contribution in [-0.2, 0) is 14.3 Å². The van der Waals surface area contributed by atoms with Crippen molar-refractivity contribution in [1.29, 1.82) is 0 Å². The first kappa shape index (κ1) is 9.13. The highest BCUT2D eigenvalue weighted by Crippen LogP contribution is 2.59. The molecule has 2 bridgehead atoms. The molecule has 5 atom stereocenters. The van der Waals surface area contributed by atoms with Gasteiger partial charge in [-0.3, -0.25) is 4.79 Å². The van der Waals surface area contributed by atoms with Crippen molar-refractivity contribution in [2.75, 3.05) is 0 Å². The highest BCUT2D eigenvalue weighted by Gasteiger charge is 2.60. The summed E-state index contributed by atoms with van der Waals surface area (Å²) in [6, 6.07) is 0. The molecule has 80 valence electrons. The van der Waals surface area contributed by atoms with Crippen molar-refractivity contribution in [3.63, 3.8) is 0 Å². The fourth-order valence-corrected chi connectivity index (χ4v) is 3.83. The molecule has 0 aromatic rings. The lowest BCUT2D eigenvalue weighted by atomic mass is 9.86.